The Hall–Kier alpha value is -1.68. The Balaban J connectivity index is 1.92. The van der Waals surface area contributed by atoms with E-state index in [-0.39, 0.29) is 16.9 Å². The topological polar surface area (TPSA) is 44.3 Å². The van der Waals surface area contributed by atoms with Gasteiger partial charge in [-0.15, -0.1) is 0 Å². The molecule has 2 aliphatic heterocycles. The predicted octanol–water partition coefficient (Wildman–Crippen LogP) is 3.87. The minimum atomic E-state index is -4.69. The number of hydrogen-bond acceptors (Lipinski definition) is 5. The zero-order chi connectivity index (χ0) is 19.5. The van der Waals surface area contributed by atoms with E-state index < -0.39 is 22.0 Å². The Morgan fingerprint density at radius 1 is 1.19 bits per heavy atom. The molecule has 0 spiro atoms. The molecule has 10 heteroatoms. The highest BCUT2D eigenvalue weighted by Crippen LogP contribution is 2.42. The van der Waals surface area contributed by atoms with E-state index in [1.165, 1.54) is 0 Å². The molecule has 0 radical (unpaired) electrons. The molecule has 2 fully saturated rings. The molecule has 27 heavy (non-hydrogen) atoms. The monoisotopic (exact) mass is 447 g/mol. The van der Waals surface area contributed by atoms with Crippen molar-refractivity contribution in [1.29, 1.82) is 0 Å². The summed E-state index contributed by atoms with van der Waals surface area (Å²) in [5.74, 6) is -0.516. The summed E-state index contributed by atoms with van der Waals surface area (Å²) in [5.41, 5.74) is -1.19. The number of anilines is 2. The van der Waals surface area contributed by atoms with Crippen LogP contribution in [0.25, 0.3) is 10.9 Å². The second-order valence-electron chi connectivity index (χ2n) is 7.02. The molecule has 1 aromatic carbocycles. The third-order valence-electron chi connectivity index (χ3n) is 5.53. The summed E-state index contributed by atoms with van der Waals surface area (Å²) in [4.78, 5) is 12.7. The van der Waals surface area contributed by atoms with Gasteiger partial charge in [0.25, 0.3) is 0 Å². The first-order chi connectivity index (χ1) is 12.7. The normalized spacial score (nSPS) is 23.3. The smallest absolute Gasteiger partial charge is 0.357 e. The van der Waals surface area contributed by atoms with Crippen LogP contribution in [0.1, 0.15) is 18.4 Å². The van der Waals surface area contributed by atoms with Crippen LogP contribution in [0.2, 0.25) is 0 Å². The number of likely N-dealkylation sites (N-methyl/N-ethyl adjacent to an activating group) is 1. The van der Waals surface area contributed by atoms with Gasteiger partial charge in [-0.25, -0.2) is 9.37 Å². The number of fused-ring (bicyclic) bond motifs is 3. The van der Waals surface area contributed by atoms with Crippen molar-refractivity contribution < 1.29 is 17.6 Å². The Morgan fingerprint density at radius 2 is 1.81 bits per heavy atom. The molecule has 1 N–H and O–H groups in total. The van der Waals surface area contributed by atoms with Gasteiger partial charge in [-0.3, -0.25) is 4.90 Å². The van der Waals surface area contributed by atoms with E-state index in [0.29, 0.717) is 31.0 Å². The van der Waals surface area contributed by atoms with E-state index >= 15 is 0 Å². The van der Waals surface area contributed by atoms with Gasteiger partial charge < -0.3 is 10.2 Å². The molecule has 2 saturated heterocycles. The highest BCUT2D eigenvalue weighted by molar-refractivity contribution is 9.10. The van der Waals surface area contributed by atoms with Gasteiger partial charge in [0.15, 0.2) is 5.82 Å². The van der Waals surface area contributed by atoms with Crippen LogP contribution in [0.3, 0.4) is 0 Å². The number of halogens is 5. The van der Waals surface area contributed by atoms with Gasteiger partial charge in [-0.05, 0) is 41.9 Å². The molecule has 2 aromatic rings. The number of nitrogens with zero attached hydrogens (tertiary/aromatic N) is 4. The first-order valence-electron chi connectivity index (χ1n) is 8.62. The van der Waals surface area contributed by atoms with Gasteiger partial charge >= 0.3 is 6.18 Å². The summed E-state index contributed by atoms with van der Waals surface area (Å²) in [6.07, 6.45) is -2.62. The van der Waals surface area contributed by atoms with Crippen LogP contribution in [0.5, 0.6) is 0 Å². The van der Waals surface area contributed by atoms with Crippen molar-refractivity contribution in [2.45, 2.75) is 31.1 Å². The average molecular weight is 448 g/mol. The summed E-state index contributed by atoms with van der Waals surface area (Å²) in [6, 6.07) is 1.57. The SMILES string of the molecule is CNc1nc(N2CC3CCC(C2)N3C)c2cc(C(F)(F)F)c(Br)c(F)c2n1. The molecule has 5 nitrogen and oxygen atoms in total. The highest BCUT2D eigenvalue weighted by Gasteiger charge is 2.40. The minimum Gasteiger partial charge on any atom is -0.357 e. The second kappa shape index (κ2) is 6.44. The third-order valence-corrected chi connectivity index (χ3v) is 6.30. The molecule has 0 amide bonds. The van der Waals surface area contributed by atoms with Crippen molar-refractivity contribution in [1.82, 2.24) is 14.9 Å². The van der Waals surface area contributed by atoms with Gasteiger partial charge in [0, 0.05) is 37.6 Å². The van der Waals surface area contributed by atoms with Crippen molar-refractivity contribution in [3.63, 3.8) is 0 Å². The Labute approximate surface area is 161 Å². The lowest BCUT2D eigenvalue weighted by Gasteiger charge is -2.40. The maximum Gasteiger partial charge on any atom is 0.417 e. The molecule has 0 saturated carbocycles. The van der Waals surface area contributed by atoms with Crippen LogP contribution in [0.15, 0.2) is 10.5 Å². The van der Waals surface area contributed by atoms with Gasteiger partial charge in [-0.1, -0.05) is 0 Å². The highest BCUT2D eigenvalue weighted by atomic mass is 79.9. The van der Waals surface area contributed by atoms with Crippen LogP contribution in [-0.4, -0.2) is 54.1 Å². The summed E-state index contributed by atoms with van der Waals surface area (Å²) in [5, 5.41) is 2.85. The molecular weight excluding hydrogens is 430 g/mol. The zero-order valence-electron chi connectivity index (χ0n) is 14.7. The van der Waals surface area contributed by atoms with Gasteiger partial charge in [0.05, 0.1) is 10.0 Å². The lowest BCUT2D eigenvalue weighted by atomic mass is 10.1. The lowest BCUT2D eigenvalue weighted by molar-refractivity contribution is -0.138. The van der Waals surface area contributed by atoms with E-state index in [2.05, 4.69) is 43.2 Å². The fraction of sp³-hybridized carbons (Fsp3) is 0.529. The summed E-state index contributed by atoms with van der Waals surface area (Å²) in [7, 11) is 3.66. The Morgan fingerprint density at radius 3 is 2.37 bits per heavy atom. The molecule has 2 atom stereocenters. The number of rotatable bonds is 2. The number of nitrogens with one attached hydrogen (secondary N) is 1. The molecule has 146 valence electrons. The fourth-order valence-corrected chi connectivity index (χ4v) is 4.56. The molecule has 4 rings (SSSR count). The first kappa shape index (κ1) is 18.7. The summed E-state index contributed by atoms with van der Waals surface area (Å²) in [6.45, 7) is 1.28. The van der Waals surface area contributed by atoms with Gasteiger partial charge in [-0.2, -0.15) is 18.2 Å². The van der Waals surface area contributed by atoms with E-state index in [4.69, 9.17) is 0 Å². The van der Waals surface area contributed by atoms with E-state index in [0.717, 1.165) is 18.9 Å². The zero-order valence-corrected chi connectivity index (χ0v) is 16.3. The third kappa shape index (κ3) is 3.02. The van der Waals surface area contributed by atoms with Crippen molar-refractivity contribution in [2.75, 3.05) is 37.4 Å². The van der Waals surface area contributed by atoms with Crippen LogP contribution >= 0.6 is 15.9 Å². The predicted molar refractivity (Wildman–Crippen MR) is 98.5 cm³/mol. The number of aromatic nitrogens is 2. The maximum atomic E-state index is 14.8. The fourth-order valence-electron chi connectivity index (χ4n) is 4.03. The maximum absolute atomic E-state index is 14.8. The lowest BCUT2D eigenvalue weighted by Crippen LogP contribution is -2.52. The van der Waals surface area contributed by atoms with Crippen LogP contribution in [0.4, 0.5) is 29.3 Å². The van der Waals surface area contributed by atoms with Crippen molar-refractivity contribution in [3.05, 3.63) is 21.9 Å². The molecule has 2 bridgehead atoms. The molecule has 2 unspecified atom stereocenters. The Bertz CT molecular complexity index is 889. The summed E-state index contributed by atoms with van der Waals surface area (Å²) >= 11 is 2.75. The number of alkyl halides is 3. The molecule has 3 heterocycles. The second-order valence-corrected chi connectivity index (χ2v) is 7.82. The number of hydrogen-bond donors (Lipinski definition) is 1. The van der Waals surface area contributed by atoms with Crippen LogP contribution in [0, 0.1) is 5.82 Å². The van der Waals surface area contributed by atoms with E-state index in [9.17, 15) is 17.6 Å². The largest absolute Gasteiger partial charge is 0.417 e. The molecular formula is C17H18BrF4N5. The Kier molecular flexibility index (Phi) is 4.45. The van der Waals surface area contributed by atoms with E-state index in [1.54, 1.807) is 7.05 Å². The van der Waals surface area contributed by atoms with Crippen LogP contribution < -0.4 is 10.2 Å². The van der Waals surface area contributed by atoms with Crippen LogP contribution in [-0.2, 0) is 6.18 Å². The van der Waals surface area contributed by atoms with Crippen molar-refractivity contribution in [2.24, 2.45) is 0 Å². The standard InChI is InChI=1S/C17H18BrF4N5/c1-23-16-24-14-10(5-11(17(20,21)22)12(18)13(14)19)15(25-16)27-6-8-3-4-9(7-27)26(8)2/h5,8-9H,3-4,6-7H2,1-2H3,(H,23,24,25). The molecule has 1 aromatic heterocycles. The molecule has 2 aliphatic rings. The number of benzene rings is 1. The van der Waals surface area contributed by atoms with Crippen molar-refractivity contribution >= 4 is 38.6 Å². The number of piperazine rings is 1. The molecule has 0 aliphatic carbocycles. The quantitative estimate of drug-likeness (QED) is 0.707. The van der Waals surface area contributed by atoms with Crippen molar-refractivity contribution in [3.8, 4) is 0 Å². The summed E-state index contributed by atoms with van der Waals surface area (Å²) < 4.78 is 54.3. The van der Waals surface area contributed by atoms with E-state index in [1.807, 2.05) is 4.90 Å². The van der Waals surface area contributed by atoms with Gasteiger partial charge in [0.2, 0.25) is 5.95 Å². The minimum absolute atomic E-state index is 0.0750. The average Bonchev–Trinajstić information content (AvgIpc) is 2.83. The van der Waals surface area contributed by atoms with Gasteiger partial charge in [0.1, 0.15) is 11.3 Å². The first-order valence-corrected chi connectivity index (χ1v) is 9.41.